The van der Waals surface area contributed by atoms with Crippen molar-refractivity contribution in [3.05, 3.63) is 60.5 Å². The van der Waals surface area contributed by atoms with E-state index in [-0.39, 0.29) is 24.8 Å². The van der Waals surface area contributed by atoms with Gasteiger partial charge in [0.1, 0.15) is 11.6 Å². The number of ether oxygens (including phenoxy) is 2. The molecule has 3 aromatic rings. The summed E-state index contributed by atoms with van der Waals surface area (Å²) in [6, 6.07) is 9.39. The van der Waals surface area contributed by atoms with Crippen LogP contribution in [0.1, 0.15) is 18.4 Å². The molecule has 4 rings (SSSR count). The van der Waals surface area contributed by atoms with Gasteiger partial charge in [-0.25, -0.2) is 4.39 Å². The Kier molecular flexibility index (Phi) is 5.76. The second-order valence-corrected chi connectivity index (χ2v) is 6.45. The number of amides is 1. The molecule has 9 heteroatoms. The van der Waals surface area contributed by atoms with Crippen molar-refractivity contribution in [1.29, 1.82) is 0 Å². The lowest BCUT2D eigenvalue weighted by Gasteiger charge is -2.31. The van der Waals surface area contributed by atoms with Crippen molar-refractivity contribution in [2.24, 2.45) is 0 Å². The third kappa shape index (κ3) is 4.75. The van der Waals surface area contributed by atoms with Crippen LogP contribution in [-0.2, 0) is 9.53 Å². The zero-order valence-corrected chi connectivity index (χ0v) is 15.5. The number of pyridine rings is 1. The second-order valence-electron chi connectivity index (χ2n) is 6.45. The van der Waals surface area contributed by atoms with Crippen molar-refractivity contribution >= 4 is 5.91 Å². The molecule has 0 N–H and O–H groups in total. The highest BCUT2D eigenvalue weighted by Crippen LogP contribution is 2.24. The molecule has 3 heterocycles. The molecule has 1 amide bonds. The van der Waals surface area contributed by atoms with Gasteiger partial charge in [0, 0.05) is 30.6 Å². The van der Waals surface area contributed by atoms with E-state index >= 15 is 0 Å². The molecule has 0 bridgehead atoms. The van der Waals surface area contributed by atoms with Crippen LogP contribution in [0.3, 0.4) is 0 Å². The number of benzene rings is 1. The molecule has 0 radical (unpaired) electrons. The summed E-state index contributed by atoms with van der Waals surface area (Å²) >= 11 is 0. The maximum absolute atomic E-state index is 13.2. The SMILES string of the molecule is O=C(CCOc1cccc(F)c1)N1CCO[C@@H](c2nc(-c3ccncc3)no2)C1. The highest BCUT2D eigenvalue weighted by atomic mass is 19.1. The van der Waals surface area contributed by atoms with Crippen LogP contribution in [0.5, 0.6) is 5.75 Å². The molecule has 150 valence electrons. The van der Waals surface area contributed by atoms with Crippen LogP contribution in [0.2, 0.25) is 0 Å². The summed E-state index contributed by atoms with van der Waals surface area (Å²) in [6.45, 7) is 1.32. The van der Waals surface area contributed by atoms with Gasteiger partial charge in [0.05, 0.1) is 26.2 Å². The van der Waals surface area contributed by atoms with Crippen molar-refractivity contribution in [2.75, 3.05) is 26.3 Å². The van der Waals surface area contributed by atoms with Crippen molar-refractivity contribution < 1.29 is 23.2 Å². The fourth-order valence-corrected chi connectivity index (χ4v) is 2.98. The summed E-state index contributed by atoms with van der Waals surface area (Å²) in [5, 5.41) is 3.97. The summed E-state index contributed by atoms with van der Waals surface area (Å²) in [5.41, 5.74) is 0.785. The van der Waals surface area contributed by atoms with Crippen LogP contribution in [-0.4, -0.2) is 52.2 Å². The number of morpholine rings is 1. The van der Waals surface area contributed by atoms with Gasteiger partial charge in [-0.3, -0.25) is 9.78 Å². The van der Waals surface area contributed by atoms with Crippen LogP contribution >= 0.6 is 0 Å². The average Bonchev–Trinajstić information content (AvgIpc) is 3.25. The molecule has 2 aromatic heterocycles. The van der Waals surface area contributed by atoms with E-state index in [2.05, 4.69) is 15.1 Å². The summed E-state index contributed by atoms with van der Waals surface area (Å²) in [7, 11) is 0. The van der Waals surface area contributed by atoms with Gasteiger partial charge < -0.3 is 18.9 Å². The summed E-state index contributed by atoms with van der Waals surface area (Å²) in [5.74, 6) is 0.703. The van der Waals surface area contributed by atoms with E-state index in [4.69, 9.17) is 14.0 Å². The van der Waals surface area contributed by atoms with Gasteiger partial charge in [-0.2, -0.15) is 4.98 Å². The van der Waals surface area contributed by atoms with Crippen molar-refractivity contribution in [2.45, 2.75) is 12.5 Å². The summed E-state index contributed by atoms with van der Waals surface area (Å²) < 4.78 is 29.7. The molecule has 1 atom stereocenters. The number of hydrogen-bond acceptors (Lipinski definition) is 7. The molecule has 0 saturated carbocycles. The number of hydrogen-bond donors (Lipinski definition) is 0. The van der Waals surface area contributed by atoms with Crippen molar-refractivity contribution in [1.82, 2.24) is 20.0 Å². The lowest BCUT2D eigenvalue weighted by molar-refractivity contribution is -0.140. The van der Waals surface area contributed by atoms with Gasteiger partial charge >= 0.3 is 0 Å². The predicted molar refractivity (Wildman–Crippen MR) is 99.3 cm³/mol. The third-order valence-corrected chi connectivity index (χ3v) is 4.46. The van der Waals surface area contributed by atoms with Crippen molar-refractivity contribution in [3.63, 3.8) is 0 Å². The Morgan fingerprint density at radius 2 is 2.14 bits per heavy atom. The van der Waals surface area contributed by atoms with Gasteiger partial charge in [0.2, 0.25) is 11.7 Å². The Hall–Kier alpha value is -3.33. The van der Waals surface area contributed by atoms with E-state index in [9.17, 15) is 9.18 Å². The average molecular weight is 398 g/mol. The fourth-order valence-electron chi connectivity index (χ4n) is 2.98. The normalized spacial score (nSPS) is 16.6. The Balaban J connectivity index is 1.32. The van der Waals surface area contributed by atoms with Gasteiger partial charge in [0.25, 0.3) is 5.89 Å². The van der Waals surface area contributed by atoms with Crippen molar-refractivity contribution in [3.8, 4) is 17.1 Å². The molecule has 1 saturated heterocycles. The molecule has 8 nitrogen and oxygen atoms in total. The highest BCUT2D eigenvalue weighted by Gasteiger charge is 2.29. The molecule has 0 spiro atoms. The Morgan fingerprint density at radius 3 is 2.97 bits per heavy atom. The first-order chi connectivity index (χ1) is 14.2. The molecular weight excluding hydrogens is 379 g/mol. The van der Waals surface area contributed by atoms with E-state index in [1.807, 2.05) is 0 Å². The van der Waals surface area contributed by atoms with Crippen LogP contribution < -0.4 is 4.74 Å². The molecule has 29 heavy (non-hydrogen) atoms. The van der Waals surface area contributed by atoms with E-state index in [0.717, 1.165) is 5.56 Å². The van der Waals surface area contributed by atoms with Gasteiger partial charge in [-0.05, 0) is 24.3 Å². The second kappa shape index (κ2) is 8.78. The maximum atomic E-state index is 13.2. The van der Waals surface area contributed by atoms with E-state index in [1.54, 1.807) is 41.6 Å². The number of carbonyl (C=O) groups excluding carboxylic acids is 1. The Bertz CT molecular complexity index is 966. The summed E-state index contributed by atoms with van der Waals surface area (Å²) in [4.78, 5) is 22.5. The molecular formula is C20H19FN4O4. The largest absolute Gasteiger partial charge is 0.493 e. The van der Waals surface area contributed by atoms with Gasteiger partial charge in [-0.1, -0.05) is 11.2 Å². The third-order valence-electron chi connectivity index (χ3n) is 4.46. The molecule has 1 aromatic carbocycles. The zero-order valence-electron chi connectivity index (χ0n) is 15.5. The lowest BCUT2D eigenvalue weighted by Crippen LogP contribution is -2.42. The van der Waals surface area contributed by atoms with E-state index in [0.29, 0.717) is 37.2 Å². The first-order valence-electron chi connectivity index (χ1n) is 9.21. The first-order valence-corrected chi connectivity index (χ1v) is 9.21. The van der Waals surface area contributed by atoms with E-state index in [1.165, 1.54) is 12.1 Å². The fraction of sp³-hybridized carbons (Fsp3) is 0.300. The smallest absolute Gasteiger partial charge is 0.257 e. The number of nitrogens with zero attached hydrogens (tertiary/aromatic N) is 4. The van der Waals surface area contributed by atoms with Gasteiger partial charge in [0.15, 0.2) is 6.10 Å². The predicted octanol–water partition coefficient (Wildman–Crippen LogP) is 2.64. The highest BCUT2D eigenvalue weighted by molar-refractivity contribution is 5.76. The van der Waals surface area contributed by atoms with E-state index < -0.39 is 6.10 Å². The Labute approximate surface area is 166 Å². The molecule has 1 fully saturated rings. The monoisotopic (exact) mass is 398 g/mol. The zero-order chi connectivity index (χ0) is 20.1. The quantitative estimate of drug-likeness (QED) is 0.630. The lowest BCUT2D eigenvalue weighted by atomic mass is 10.2. The Morgan fingerprint density at radius 1 is 1.28 bits per heavy atom. The topological polar surface area (TPSA) is 90.6 Å². The van der Waals surface area contributed by atoms with Crippen LogP contribution in [0, 0.1) is 5.82 Å². The van der Waals surface area contributed by atoms with Gasteiger partial charge in [-0.15, -0.1) is 0 Å². The minimum absolute atomic E-state index is 0.0800. The summed E-state index contributed by atoms with van der Waals surface area (Å²) in [6.07, 6.45) is 2.98. The number of carbonyl (C=O) groups is 1. The minimum Gasteiger partial charge on any atom is -0.493 e. The van der Waals surface area contributed by atoms with Crippen LogP contribution in [0.4, 0.5) is 4.39 Å². The number of halogens is 1. The van der Waals surface area contributed by atoms with Crippen LogP contribution in [0.15, 0.2) is 53.3 Å². The molecule has 1 aliphatic rings. The molecule has 1 aliphatic heterocycles. The number of aromatic nitrogens is 3. The van der Waals surface area contributed by atoms with Crippen LogP contribution in [0.25, 0.3) is 11.4 Å². The standard InChI is InChI=1S/C20H19FN4O4/c21-15-2-1-3-16(12-15)27-10-6-18(26)25-9-11-28-17(13-25)20-23-19(24-29-20)14-4-7-22-8-5-14/h1-5,7-8,12,17H,6,9-11,13H2/t17-/m1/s1. The number of rotatable bonds is 6. The molecule has 0 aliphatic carbocycles. The maximum Gasteiger partial charge on any atom is 0.257 e. The first kappa shape index (κ1) is 19.0. The minimum atomic E-state index is -0.486. The molecule has 0 unspecified atom stereocenters.